The highest BCUT2D eigenvalue weighted by atomic mass is 32.2. The van der Waals surface area contributed by atoms with Crippen molar-refractivity contribution in [2.45, 2.75) is 0 Å². The summed E-state index contributed by atoms with van der Waals surface area (Å²) in [5.41, 5.74) is 1.48. The third kappa shape index (κ3) is 5.12. The minimum Gasteiger partial charge on any atom is -0.497 e. The maximum Gasteiger partial charge on any atom is 0.270 e. The number of hydrogen-bond acceptors (Lipinski definition) is 6. The lowest BCUT2D eigenvalue weighted by Crippen LogP contribution is -2.27. The van der Waals surface area contributed by atoms with Crippen molar-refractivity contribution in [1.82, 2.24) is 0 Å². The van der Waals surface area contributed by atoms with Gasteiger partial charge < -0.3 is 14.2 Å². The van der Waals surface area contributed by atoms with Crippen LogP contribution in [0.4, 0.5) is 5.69 Å². The highest BCUT2D eigenvalue weighted by Gasteiger charge is 2.33. The molecule has 1 aliphatic heterocycles. The van der Waals surface area contributed by atoms with E-state index in [9.17, 15) is 4.79 Å². The van der Waals surface area contributed by atoms with Gasteiger partial charge in [0.25, 0.3) is 5.91 Å². The fraction of sp³-hybridized carbons (Fsp3) is 0.120. The Kier molecular flexibility index (Phi) is 7.09. The predicted octanol–water partition coefficient (Wildman–Crippen LogP) is 5.56. The first-order valence-corrected chi connectivity index (χ1v) is 11.2. The highest BCUT2D eigenvalue weighted by Crippen LogP contribution is 2.37. The monoisotopic (exact) mass is 463 g/mol. The Morgan fingerprint density at radius 1 is 0.906 bits per heavy atom. The smallest absolute Gasteiger partial charge is 0.270 e. The first-order chi connectivity index (χ1) is 15.7. The van der Waals surface area contributed by atoms with E-state index in [0.29, 0.717) is 33.9 Å². The van der Waals surface area contributed by atoms with Crippen molar-refractivity contribution < 1.29 is 19.0 Å². The van der Waals surface area contributed by atoms with Gasteiger partial charge in [-0.15, -0.1) is 0 Å². The van der Waals surface area contributed by atoms with E-state index in [1.165, 1.54) is 11.8 Å². The van der Waals surface area contributed by atoms with Crippen LogP contribution < -0.4 is 19.1 Å². The van der Waals surface area contributed by atoms with Gasteiger partial charge in [0.2, 0.25) is 0 Å². The van der Waals surface area contributed by atoms with Gasteiger partial charge in [-0.25, -0.2) is 0 Å². The number of carbonyl (C=O) groups is 1. The summed E-state index contributed by atoms with van der Waals surface area (Å²) in [4.78, 5) is 15.1. The molecule has 0 aliphatic carbocycles. The molecular formula is C25H21NO4S2. The maximum absolute atomic E-state index is 13.1. The predicted molar refractivity (Wildman–Crippen MR) is 133 cm³/mol. The van der Waals surface area contributed by atoms with E-state index in [1.54, 1.807) is 18.1 Å². The Hall–Kier alpha value is -3.29. The summed E-state index contributed by atoms with van der Waals surface area (Å²) in [5, 5.41) is 0. The molecule has 162 valence electrons. The third-order valence-electron chi connectivity index (χ3n) is 4.66. The lowest BCUT2D eigenvalue weighted by molar-refractivity contribution is -0.113. The van der Waals surface area contributed by atoms with Crippen LogP contribution in [0.5, 0.6) is 17.2 Å². The van der Waals surface area contributed by atoms with Crippen LogP contribution in [0.2, 0.25) is 0 Å². The number of benzene rings is 3. The molecule has 0 saturated carbocycles. The fourth-order valence-electron chi connectivity index (χ4n) is 3.13. The van der Waals surface area contributed by atoms with Crippen LogP contribution in [-0.2, 0) is 4.79 Å². The average Bonchev–Trinajstić information content (AvgIpc) is 3.11. The molecule has 1 saturated heterocycles. The van der Waals surface area contributed by atoms with Gasteiger partial charge in [0.15, 0.2) is 4.32 Å². The minimum absolute atomic E-state index is 0.160. The number of para-hydroxylation sites is 2. The summed E-state index contributed by atoms with van der Waals surface area (Å²) < 4.78 is 17.5. The third-order valence-corrected chi connectivity index (χ3v) is 5.97. The van der Waals surface area contributed by atoms with Gasteiger partial charge in [0.05, 0.1) is 17.7 Å². The second-order valence-corrected chi connectivity index (χ2v) is 8.44. The Balaban J connectivity index is 1.51. The molecule has 0 bridgehead atoms. The van der Waals surface area contributed by atoms with Crippen molar-refractivity contribution in [2.75, 3.05) is 25.2 Å². The van der Waals surface area contributed by atoms with Crippen LogP contribution >= 0.6 is 24.0 Å². The normalized spacial score (nSPS) is 14.7. The summed E-state index contributed by atoms with van der Waals surface area (Å²) >= 11 is 6.73. The number of thioether (sulfide) groups is 1. The Morgan fingerprint density at radius 2 is 1.59 bits per heavy atom. The molecule has 0 radical (unpaired) electrons. The van der Waals surface area contributed by atoms with Gasteiger partial charge in [0.1, 0.15) is 30.5 Å². The molecule has 7 heteroatoms. The molecule has 5 nitrogen and oxygen atoms in total. The molecule has 0 aromatic heterocycles. The van der Waals surface area contributed by atoms with E-state index in [4.69, 9.17) is 26.4 Å². The van der Waals surface area contributed by atoms with Crippen molar-refractivity contribution in [3.8, 4) is 17.2 Å². The molecule has 1 aliphatic rings. The Labute approximate surface area is 196 Å². The summed E-state index contributed by atoms with van der Waals surface area (Å²) in [6.07, 6.45) is 1.79. The molecule has 3 aromatic carbocycles. The standard InChI is InChI=1S/C25H21NO4S2/c1-28-21-12-13-22(30-15-14-29-20-10-6-3-7-11-20)18(16-21)17-23-24(27)26(25(31)32-23)19-8-4-2-5-9-19/h2-13,16-17H,14-15H2,1H3. The van der Waals surface area contributed by atoms with Gasteiger partial charge in [-0.2, -0.15) is 0 Å². The Morgan fingerprint density at radius 3 is 2.31 bits per heavy atom. The van der Waals surface area contributed by atoms with Crippen LogP contribution in [0.15, 0.2) is 83.8 Å². The van der Waals surface area contributed by atoms with Gasteiger partial charge >= 0.3 is 0 Å². The maximum atomic E-state index is 13.1. The topological polar surface area (TPSA) is 48.0 Å². The van der Waals surface area contributed by atoms with Crippen molar-refractivity contribution in [2.24, 2.45) is 0 Å². The molecule has 0 N–H and O–H groups in total. The number of nitrogens with zero attached hydrogens (tertiary/aromatic N) is 1. The first kappa shape index (κ1) is 21.9. The Bertz CT molecular complexity index is 1130. The molecule has 3 aromatic rings. The summed E-state index contributed by atoms with van der Waals surface area (Å²) in [5.74, 6) is 1.93. The molecule has 1 heterocycles. The lowest BCUT2D eigenvalue weighted by atomic mass is 10.1. The van der Waals surface area contributed by atoms with Crippen LogP contribution in [0.25, 0.3) is 6.08 Å². The molecule has 0 atom stereocenters. The van der Waals surface area contributed by atoms with E-state index < -0.39 is 0 Å². The second-order valence-electron chi connectivity index (χ2n) is 6.77. The van der Waals surface area contributed by atoms with Crippen LogP contribution in [0.3, 0.4) is 0 Å². The van der Waals surface area contributed by atoms with Crippen molar-refractivity contribution in [1.29, 1.82) is 0 Å². The van der Waals surface area contributed by atoms with Crippen LogP contribution in [0, 0.1) is 0 Å². The lowest BCUT2D eigenvalue weighted by Gasteiger charge is -2.14. The van der Waals surface area contributed by atoms with Gasteiger partial charge in [0, 0.05) is 5.56 Å². The summed E-state index contributed by atoms with van der Waals surface area (Å²) in [6.45, 7) is 0.749. The van der Waals surface area contributed by atoms with Gasteiger partial charge in [-0.1, -0.05) is 60.4 Å². The number of anilines is 1. The summed E-state index contributed by atoms with van der Waals surface area (Å²) in [6, 6.07) is 24.4. The van der Waals surface area contributed by atoms with Crippen LogP contribution in [-0.4, -0.2) is 30.6 Å². The van der Waals surface area contributed by atoms with Crippen molar-refractivity contribution in [3.63, 3.8) is 0 Å². The SMILES string of the molecule is COc1ccc(OCCOc2ccccc2)c(C=C2SC(=S)N(c3ccccc3)C2=O)c1. The quantitative estimate of drug-likeness (QED) is 0.248. The number of hydrogen-bond donors (Lipinski definition) is 0. The zero-order valence-electron chi connectivity index (χ0n) is 17.4. The summed E-state index contributed by atoms with van der Waals surface area (Å²) in [7, 11) is 1.60. The van der Waals surface area contributed by atoms with Crippen LogP contribution in [0.1, 0.15) is 5.56 Å². The molecular weight excluding hydrogens is 442 g/mol. The molecule has 1 amide bonds. The van der Waals surface area contributed by atoms with Crippen molar-refractivity contribution in [3.05, 3.63) is 89.3 Å². The number of amides is 1. The van der Waals surface area contributed by atoms with Gasteiger partial charge in [-0.3, -0.25) is 9.69 Å². The largest absolute Gasteiger partial charge is 0.497 e. The van der Waals surface area contributed by atoms with Gasteiger partial charge in [-0.05, 0) is 48.5 Å². The van der Waals surface area contributed by atoms with E-state index in [0.717, 1.165) is 17.0 Å². The molecule has 4 rings (SSSR count). The number of carbonyl (C=O) groups excluding carboxylic acids is 1. The zero-order chi connectivity index (χ0) is 22.3. The van der Waals surface area contributed by atoms with Crippen molar-refractivity contribution >= 4 is 46.0 Å². The number of rotatable bonds is 8. The average molecular weight is 464 g/mol. The number of thiocarbonyl (C=S) groups is 1. The second kappa shape index (κ2) is 10.3. The van der Waals surface area contributed by atoms with E-state index >= 15 is 0 Å². The molecule has 0 unspecified atom stereocenters. The van der Waals surface area contributed by atoms with E-state index in [-0.39, 0.29) is 5.91 Å². The molecule has 32 heavy (non-hydrogen) atoms. The number of methoxy groups -OCH3 is 1. The number of ether oxygens (including phenoxy) is 3. The fourth-order valence-corrected chi connectivity index (χ4v) is 4.42. The first-order valence-electron chi connectivity index (χ1n) is 9.97. The zero-order valence-corrected chi connectivity index (χ0v) is 19.0. The highest BCUT2D eigenvalue weighted by molar-refractivity contribution is 8.27. The van der Waals surface area contributed by atoms with E-state index in [1.807, 2.05) is 78.9 Å². The molecule has 1 fully saturated rings. The van der Waals surface area contributed by atoms with E-state index in [2.05, 4.69) is 0 Å². The molecule has 0 spiro atoms. The minimum atomic E-state index is -0.160.